The fraction of sp³-hybridized carbons (Fsp3) is 0.647. The van der Waals surface area contributed by atoms with Crippen LogP contribution < -0.4 is 5.32 Å². The number of benzene rings is 1. The van der Waals surface area contributed by atoms with Gasteiger partial charge in [0.1, 0.15) is 0 Å². The second-order valence-electron chi connectivity index (χ2n) is 6.24. The molecule has 2 rings (SSSR count). The van der Waals surface area contributed by atoms with Crippen molar-refractivity contribution in [2.45, 2.75) is 26.3 Å². The summed E-state index contributed by atoms with van der Waals surface area (Å²) in [7, 11) is 4.29. The number of nitrogens with zero attached hydrogens (tertiary/aromatic N) is 1. The Bertz CT molecular complexity index is 408. The number of rotatable bonds is 6. The summed E-state index contributed by atoms with van der Waals surface area (Å²) in [5.41, 5.74) is 3.18. The molecule has 3 heteroatoms. The summed E-state index contributed by atoms with van der Waals surface area (Å²) in [6.45, 7) is 7.24. The topological polar surface area (TPSA) is 24.5 Å². The Balaban J connectivity index is 1.98. The van der Waals surface area contributed by atoms with Crippen molar-refractivity contribution in [3.63, 3.8) is 0 Å². The number of ether oxygens (including phenoxy) is 1. The molecule has 0 unspecified atom stereocenters. The lowest BCUT2D eigenvalue weighted by atomic mass is 9.79. The van der Waals surface area contributed by atoms with Gasteiger partial charge in [0.2, 0.25) is 0 Å². The zero-order valence-electron chi connectivity index (χ0n) is 13.1. The predicted octanol–water partition coefficient (Wildman–Crippen LogP) is 2.44. The van der Waals surface area contributed by atoms with Crippen molar-refractivity contribution in [1.82, 2.24) is 10.2 Å². The van der Waals surface area contributed by atoms with E-state index in [1.807, 2.05) is 0 Å². The third-order valence-corrected chi connectivity index (χ3v) is 4.41. The van der Waals surface area contributed by atoms with E-state index in [1.54, 1.807) is 0 Å². The second-order valence-corrected chi connectivity index (χ2v) is 6.24. The van der Waals surface area contributed by atoms with Crippen LogP contribution in [0.15, 0.2) is 24.3 Å². The molecule has 0 amide bonds. The summed E-state index contributed by atoms with van der Waals surface area (Å²) in [5, 5.41) is 3.38. The molecule has 0 spiro atoms. The van der Waals surface area contributed by atoms with Gasteiger partial charge in [-0.25, -0.2) is 0 Å². The molecule has 0 atom stereocenters. The van der Waals surface area contributed by atoms with E-state index in [9.17, 15) is 0 Å². The van der Waals surface area contributed by atoms with Crippen LogP contribution in [0.2, 0.25) is 0 Å². The lowest BCUT2D eigenvalue weighted by molar-refractivity contribution is -0.000757. The number of hydrogen-bond donors (Lipinski definition) is 1. The van der Waals surface area contributed by atoms with E-state index in [1.165, 1.54) is 11.1 Å². The van der Waals surface area contributed by atoms with Crippen molar-refractivity contribution >= 4 is 0 Å². The summed E-state index contributed by atoms with van der Waals surface area (Å²) in [6.07, 6.45) is 2.32. The van der Waals surface area contributed by atoms with Gasteiger partial charge in [0.05, 0.1) is 0 Å². The van der Waals surface area contributed by atoms with Crippen molar-refractivity contribution in [3.8, 4) is 0 Å². The van der Waals surface area contributed by atoms with Crippen LogP contribution in [-0.4, -0.2) is 45.3 Å². The van der Waals surface area contributed by atoms with E-state index < -0.39 is 0 Å². The molecular formula is C17H28N2O. The van der Waals surface area contributed by atoms with Crippen LogP contribution in [0, 0.1) is 12.3 Å². The van der Waals surface area contributed by atoms with E-state index in [0.717, 1.165) is 45.7 Å². The summed E-state index contributed by atoms with van der Waals surface area (Å²) in [4.78, 5) is 2.46. The Morgan fingerprint density at radius 1 is 1.25 bits per heavy atom. The lowest BCUT2D eigenvalue weighted by Gasteiger charge is -2.40. The highest BCUT2D eigenvalue weighted by Gasteiger charge is 2.33. The van der Waals surface area contributed by atoms with Gasteiger partial charge in [-0.3, -0.25) is 0 Å². The van der Waals surface area contributed by atoms with E-state index in [0.29, 0.717) is 5.41 Å². The quantitative estimate of drug-likeness (QED) is 0.864. The molecule has 3 nitrogen and oxygen atoms in total. The van der Waals surface area contributed by atoms with Crippen LogP contribution in [-0.2, 0) is 11.3 Å². The molecule has 1 fully saturated rings. The second kappa shape index (κ2) is 7.21. The maximum atomic E-state index is 5.54. The first-order chi connectivity index (χ1) is 9.65. The Morgan fingerprint density at radius 2 is 1.95 bits per heavy atom. The molecule has 0 saturated carbocycles. The lowest BCUT2D eigenvalue weighted by Crippen LogP contribution is -2.45. The average Bonchev–Trinajstić information content (AvgIpc) is 2.42. The third-order valence-electron chi connectivity index (χ3n) is 4.41. The number of hydrogen-bond acceptors (Lipinski definition) is 3. The Morgan fingerprint density at radius 3 is 2.60 bits per heavy atom. The van der Waals surface area contributed by atoms with Gasteiger partial charge >= 0.3 is 0 Å². The maximum Gasteiger partial charge on any atom is 0.0472 e. The van der Waals surface area contributed by atoms with Crippen molar-refractivity contribution < 1.29 is 4.74 Å². The van der Waals surface area contributed by atoms with Gasteiger partial charge in [-0.1, -0.05) is 24.3 Å². The van der Waals surface area contributed by atoms with Gasteiger partial charge < -0.3 is 15.0 Å². The van der Waals surface area contributed by atoms with Crippen LogP contribution in [0.25, 0.3) is 0 Å². The molecule has 0 aliphatic carbocycles. The Labute approximate surface area is 123 Å². The molecule has 1 saturated heterocycles. The molecule has 1 aromatic rings. The van der Waals surface area contributed by atoms with Crippen LogP contribution >= 0.6 is 0 Å². The highest BCUT2D eigenvalue weighted by atomic mass is 16.5. The van der Waals surface area contributed by atoms with E-state index in [-0.39, 0.29) is 0 Å². The molecule has 0 radical (unpaired) electrons. The highest BCUT2D eigenvalue weighted by Crippen LogP contribution is 2.31. The van der Waals surface area contributed by atoms with Gasteiger partial charge in [-0.15, -0.1) is 0 Å². The van der Waals surface area contributed by atoms with E-state index in [4.69, 9.17) is 4.74 Å². The minimum absolute atomic E-state index is 0.366. The molecule has 1 aliphatic rings. The number of nitrogens with one attached hydrogen (secondary N) is 1. The Kier molecular flexibility index (Phi) is 5.58. The zero-order valence-corrected chi connectivity index (χ0v) is 13.1. The van der Waals surface area contributed by atoms with Crippen molar-refractivity contribution in [3.05, 3.63) is 35.4 Å². The summed E-state index contributed by atoms with van der Waals surface area (Å²) in [6, 6.07) is 8.68. The zero-order chi connectivity index (χ0) is 14.4. The molecule has 112 valence electrons. The minimum Gasteiger partial charge on any atom is -0.381 e. The first kappa shape index (κ1) is 15.5. The van der Waals surface area contributed by atoms with Crippen LogP contribution in [0.3, 0.4) is 0 Å². The average molecular weight is 276 g/mol. The van der Waals surface area contributed by atoms with Crippen LogP contribution in [0.5, 0.6) is 0 Å². The largest absolute Gasteiger partial charge is 0.381 e. The molecule has 1 N–H and O–H groups in total. The third kappa shape index (κ3) is 4.05. The Hall–Kier alpha value is -0.900. The monoisotopic (exact) mass is 276 g/mol. The SMILES string of the molecule is CNCC1(CN(C)Cc2ccccc2C)CCOCC1. The number of aryl methyl sites for hydroxylation is 1. The molecule has 20 heavy (non-hydrogen) atoms. The van der Waals surface area contributed by atoms with Crippen molar-refractivity contribution in [2.75, 3.05) is 40.4 Å². The van der Waals surface area contributed by atoms with Gasteiger partial charge in [0.15, 0.2) is 0 Å². The van der Waals surface area contributed by atoms with E-state index in [2.05, 4.69) is 55.5 Å². The van der Waals surface area contributed by atoms with Gasteiger partial charge in [-0.05, 0) is 50.4 Å². The smallest absolute Gasteiger partial charge is 0.0472 e. The summed E-state index contributed by atoms with van der Waals surface area (Å²) in [5.74, 6) is 0. The first-order valence-corrected chi connectivity index (χ1v) is 7.61. The van der Waals surface area contributed by atoms with Crippen molar-refractivity contribution in [2.24, 2.45) is 5.41 Å². The highest BCUT2D eigenvalue weighted by molar-refractivity contribution is 5.25. The standard InChI is InChI=1S/C17H28N2O/c1-15-6-4-5-7-16(15)12-19(3)14-17(13-18-2)8-10-20-11-9-17/h4-7,18H,8-14H2,1-3H3. The summed E-state index contributed by atoms with van der Waals surface area (Å²) >= 11 is 0. The van der Waals surface area contributed by atoms with Gasteiger partial charge in [0, 0.05) is 32.8 Å². The fourth-order valence-electron chi connectivity index (χ4n) is 3.28. The molecule has 0 bridgehead atoms. The van der Waals surface area contributed by atoms with E-state index >= 15 is 0 Å². The minimum atomic E-state index is 0.366. The van der Waals surface area contributed by atoms with Gasteiger partial charge in [0.25, 0.3) is 0 Å². The summed E-state index contributed by atoms with van der Waals surface area (Å²) < 4.78 is 5.54. The van der Waals surface area contributed by atoms with Crippen LogP contribution in [0.1, 0.15) is 24.0 Å². The maximum absolute atomic E-state index is 5.54. The molecule has 1 aromatic carbocycles. The van der Waals surface area contributed by atoms with Crippen LogP contribution in [0.4, 0.5) is 0 Å². The predicted molar refractivity (Wildman–Crippen MR) is 83.9 cm³/mol. The molecule has 0 aromatic heterocycles. The van der Waals surface area contributed by atoms with Crippen molar-refractivity contribution in [1.29, 1.82) is 0 Å². The molecular weight excluding hydrogens is 248 g/mol. The normalized spacial score (nSPS) is 18.4. The van der Waals surface area contributed by atoms with Gasteiger partial charge in [-0.2, -0.15) is 0 Å². The molecule has 1 aliphatic heterocycles. The first-order valence-electron chi connectivity index (χ1n) is 7.61. The molecule has 1 heterocycles. The fourth-order valence-corrected chi connectivity index (χ4v) is 3.28.